The monoisotopic (exact) mass is 325 g/mol. The van der Waals surface area contributed by atoms with E-state index in [9.17, 15) is 4.79 Å². The molecule has 0 radical (unpaired) electrons. The summed E-state index contributed by atoms with van der Waals surface area (Å²) in [7, 11) is 0. The van der Waals surface area contributed by atoms with Gasteiger partial charge < -0.3 is 9.88 Å². The minimum Gasteiger partial charge on any atom is -0.359 e. The highest BCUT2D eigenvalue weighted by Crippen LogP contribution is 2.25. The van der Waals surface area contributed by atoms with Crippen molar-refractivity contribution in [3.8, 4) is 0 Å². The van der Waals surface area contributed by atoms with Crippen molar-refractivity contribution in [3.63, 3.8) is 0 Å². The number of aromatic nitrogens is 2. The van der Waals surface area contributed by atoms with Gasteiger partial charge in [-0.15, -0.1) is 0 Å². The molecular weight excluding hydrogens is 298 g/mol. The van der Waals surface area contributed by atoms with Crippen LogP contribution in [-0.4, -0.2) is 15.3 Å². The molecule has 1 aromatic heterocycles. The molecule has 0 bridgehead atoms. The summed E-state index contributed by atoms with van der Waals surface area (Å²) in [6.07, 6.45) is 7.27. The molecule has 0 fully saturated rings. The Hall–Kier alpha value is -2.36. The minimum absolute atomic E-state index is 0.0512. The Labute approximate surface area is 144 Å². The van der Waals surface area contributed by atoms with Crippen molar-refractivity contribution in [2.24, 2.45) is 5.92 Å². The number of para-hydroxylation sites is 1. The Bertz CT molecular complexity index is 715. The molecule has 3 rings (SSSR count). The lowest BCUT2D eigenvalue weighted by molar-refractivity contribution is -0.119. The first kappa shape index (κ1) is 18.0. The van der Waals surface area contributed by atoms with Crippen LogP contribution in [0.4, 0.5) is 5.69 Å². The number of ketones is 1. The number of carbonyl (C=O) groups excluding carboxylic acids is 1. The molecule has 0 saturated heterocycles. The van der Waals surface area contributed by atoms with Crippen molar-refractivity contribution in [2.75, 3.05) is 5.32 Å². The number of imidazole rings is 1. The van der Waals surface area contributed by atoms with E-state index in [1.165, 1.54) is 5.56 Å². The van der Waals surface area contributed by atoms with E-state index in [-0.39, 0.29) is 11.7 Å². The van der Waals surface area contributed by atoms with Gasteiger partial charge >= 0.3 is 0 Å². The lowest BCUT2D eigenvalue weighted by atomic mass is 9.91. The Balaban J connectivity index is 0.00000100. The third kappa shape index (κ3) is 4.34. The first-order valence-electron chi connectivity index (χ1n) is 8.68. The van der Waals surface area contributed by atoms with Gasteiger partial charge in [-0.25, -0.2) is 4.98 Å². The van der Waals surface area contributed by atoms with Crippen LogP contribution in [0.25, 0.3) is 0 Å². The van der Waals surface area contributed by atoms with Crippen molar-refractivity contribution in [1.82, 2.24) is 9.55 Å². The van der Waals surface area contributed by atoms with Crippen LogP contribution < -0.4 is 5.32 Å². The van der Waals surface area contributed by atoms with E-state index in [2.05, 4.69) is 27.9 Å². The van der Waals surface area contributed by atoms with Crippen LogP contribution in [0.15, 0.2) is 48.4 Å². The van der Waals surface area contributed by atoms with Crippen molar-refractivity contribution in [1.29, 1.82) is 0 Å². The molecule has 128 valence electrons. The molecule has 0 spiro atoms. The highest BCUT2D eigenvalue weighted by atomic mass is 16.1. The molecule has 1 aliphatic carbocycles. The van der Waals surface area contributed by atoms with Crippen LogP contribution in [0.2, 0.25) is 0 Å². The number of rotatable bonds is 4. The molecule has 0 amide bonds. The summed E-state index contributed by atoms with van der Waals surface area (Å²) in [5, 5.41) is 3.39. The van der Waals surface area contributed by atoms with E-state index in [1.54, 1.807) is 12.3 Å². The third-order valence-electron chi connectivity index (χ3n) is 4.26. The molecule has 4 nitrogen and oxygen atoms in total. The second-order valence-electron chi connectivity index (χ2n) is 5.87. The van der Waals surface area contributed by atoms with Crippen LogP contribution in [0.3, 0.4) is 0 Å². The normalized spacial score (nSPS) is 16.9. The average Bonchev–Trinajstić information content (AvgIpc) is 2.99. The number of nitrogens with one attached hydrogen (secondary N) is 1. The standard InChI is InChI=1S/C18H21N3O.C2H6/c1-13-5-3-4-6-17(13)20-16-8-7-15(18(22)11-16)12-21-10-9-19-14(21)2;1-2/h3-6,9-11,15,20H,7-8,12H2,1-2H3;1-2H3. The Morgan fingerprint density at radius 3 is 2.62 bits per heavy atom. The number of benzene rings is 1. The molecule has 1 aromatic carbocycles. The van der Waals surface area contributed by atoms with E-state index in [0.29, 0.717) is 0 Å². The third-order valence-corrected chi connectivity index (χ3v) is 4.26. The van der Waals surface area contributed by atoms with Gasteiger partial charge in [0.15, 0.2) is 5.78 Å². The van der Waals surface area contributed by atoms with E-state index in [0.717, 1.165) is 36.6 Å². The Kier molecular flexibility index (Phi) is 6.36. The maximum atomic E-state index is 12.4. The zero-order chi connectivity index (χ0) is 17.5. The zero-order valence-electron chi connectivity index (χ0n) is 15.0. The summed E-state index contributed by atoms with van der Waals surface area (Å²) in [4.78, 5) is 16.6. The first-order chi connectivity index (χ1) is 11.6. The summed E-state index contributed by atoms with van der Waals surface area (Å²) < 4.78 is 2.05. The Morgan fingerprint density at radius 1 is 1.25 bits per heavy atom. The van der Waals surface area contributed by atoms with Crippen LogP contribution in [0.5, 0.6) is 0 Å². The summed E-state index contributed by atoms with van der Waals surface area (Å²) in [6, 6.07) is 8.13. The fourth-order valence-electron chi connectivity index (χ4n) is 2.83. The van der Waals surface area contributed by atoms with E-state index in [1.807, 2.05) is 45.2 Å². The van der Waals surface area contributed by atoms with Crippen LogP contribution in [0.1, 0.15) is 38.1 Å². The zero-order valence-corrected chi connectivity index (χ0v) is 15.0. The SMILES string of the molecule is CC.Cc1ccccc1NC1=CC(=O)C(Cn2ccnc2C)CC1. The number of hydrogen-bond donors (Lipinski definition) is 1. The molecule has 0 aliphatic heterocycles. The van der Waals surface area contributed by atoms with E-state index >= 15 is 0 Å². The summed E-state index contributed by atoms with van der Waals surface area (Å²) >= 11 is 0. The summed E-state index contributed by atoms with van der Waals surface area (Å²) in [6.45, 7) is 8.76. The quantitative estimate of drug-likeness (QED) is 0.900. The van der Waals surface area contributed by atoms with Crippen molar-refractivity contribution in [3.05, 3.63) is 59.8 Å². The Morgan fingerprint density at radius 2 is 2.00 bits per heavy atom. The second-order valence-corrected chi connectivity index (χ2v) is 5.87. The maximum Gasteiger partial charge on any atom is 0.162 e. The molecule has 0 saturated carbocycles. The molecule has 4 heteroatoms. The van der Waals surface area contributed by atoms with Gasteiger partial charge in [-0.1, -0.05) is 32.0 Å². The summed E-state index contributed by atoms with van der Waals surface area (Å²) in [5.41, 5.74) is 3.27. The number of anilines is 1. The largest absolute Gasteiger partial charge is 0.359 e. The van der Waals surface area contributed by atoms with Crippen molar-refractivity contribution < 1.29 is 4.79 Å². The molecule has 24 heavy (non-hydrogen) atoms. The molecule has 2 aromatic rings. The van der Waals surface area contributed by atoms with Crippen LogP contribution >= 0.6 is 0 Å². The molecule has 1 heterocycles. The van der Waals surface area contributed by atoms with Gasteiger partial charge in [0.2, 0.25) is 0 Å². The van der Waals surface area contributed by atoms with Crippen LogP contribution in [-0.2, 0) is 11.3 Å². The first-order valence-corrected chi connectivity index (χ1v) is 8.68. The second kappa shape index (κ2) is 8.48. The molecule has 1 unspecified atom stereocenters. The van der Waals surface area contributed by atoms with Gasteiger partial charge in [0.05, 0.1) is 0 Å². The maximum absolute atomic E-state index is 12.4. The fraction of sp³-hybridized carbons (Fsp3) is 0.400. The predicted molar refractivity (Wildman–Crippen MR) is 98.9 cm³/mol. The highest BCUT2D eigenvalue weighted by Gasteiger charge is 2.23. The van der Waals surface area contributed by atoms with Crippen molar-refractivity contribution in [2.45, 2.75) is 47.1 Å². The van der Waals surface area contributed by atoms with E-state index in [4.69, 9.17) is 0 Å². The predicted octanol–water partition coefficient (Wildman–Crippen LogP) is 4.50. The molecule has 1 N–H and O–H groups in total. The van der Waals surface area contributed by atoms with Gasteiger partial charge in [0, 0.05) is 42.3 Å². The van der Waals surface area contributed by atoms with Gasteiger partial charge in [-0.3, -0.25) is 4.79 Å². The minimum atomic E-state index is 0.0512. The topological polar surface area (TPSA) is 46.9 Å². The van der Waals surface area contributed by atoms with Crippen LogP contribution in [0, 0.1) is 19.8 Å². The molecule has 1 aliphatic rings. The number of carbonyl (C=O) groups is 1. The fourth-order valence-corrected chi connectivity index (χ4v) is 2.83. The average molecular weight is 325 g/mol. The number of hydrogen-bond acceptors (Lipinski definition) is 3. The van der Waals surface area contributed by atoms with Gasteiger partial charge in [0.25, 0.3) is 0 Å². The number of aryl methyl sites for hydroxylation is 2. The van der Waals surface area contributed by atoms with Gasteiger partial charge in [0.1, 0.15) is 5.82 Å². The van der Waals surface area contributed by atoms with Gasteiger partial charge in [-0.2, -0.15) is 0 Å². The summed E-state index contributed by atoms with van der Waals surface area (Å²) in [5.74, 6) is 1.21. The van der Waals surface area contributed by atoms with Crippen molar-refractivity contribution >= 4 is 11.5 Å². The lowest BCUT2D eigenvalue weighted by Gasteiger charge is -2.23. The highest BCUT2D eigenvalue weighted by molar-refractivity contribution is 5.93. The molecule has 1 atom stereocenters. The lowest BCUT2D eigenvalue weighted by Crippen LogP contribution is -2.24. The van der Waals surface area contributed by atoms with E-state index < -0.39 is 0 Å². The smallest absolute Gasteiger partial charge is 0.162 e. The molecular formula is C20H27N3O. The number of nitrogens with zero attached hydrogens (tertiary/aromatic N) is 2. The van der Waals surface area contributed by atoms with Gasteiger partial charge in [-0.05, 0) is 38.3 Å². The number of allylic oxidation sites excluding steroid dienone is 2.